The predicted octanol–water partition coefficient (Wildman–Crippen LogP) is 3.56. The summed E-state index contributed by atoms with van der Waals surface area (Å²) in [7, 11) is 1.53. The van der Waals surface area contributed by atoms with Crippen LogP contribution in [-0.2, 0) is 0 Å². The number of ketones is 2. The fourth-order valence-corrected chi connectivity index (χ4v) is 2.69. The van der Waals surface area contributed by atoms with Gasteiger partial charge in [0.15, 0.2) is 23.1 Å². The maximum atomic E-state index is 12.5. The number of hydrogen-bond acceptors (Lipinski definition) is 4. The van der Waals surface area contributed by atoms with Crippen molar-refractivity contribution in [2.24, 2.45) is 0 Å². The van der Waals surface area contributed by atoms with E-state index in [0.717, 1.165) is 0 Å². The molecule has 1 aliphatic rings. The van der Waals surface area contributed by atoms with E-state index in [1.54, 1.807) is 48.5 Å². The topological polar surface area (TPSA) is 52.6 Å². The van der Waals surface area contributed by atoms with Gasteiger partial charge in [0.25, 0.3) is 0 Å². The van der Waals surface area contributed by atoms with Gasteiger partial charge in [-0.05, 0) is 19.1 Å². The molecule has 0 unspecified atom stereocenters. The molecule has 0 amide bonds. The number of fused-ring (bicyclic) bond motifs is 1. The number of carbonyl (C=O) groups excluding carboxylic acids is 2. The SMILES string of the molecule is CCOc1cccc(C=C2C(=O)c3ccccc3C2=O)c1OC. The van der Waals surface area contributed by atoms with Gasteiger partial charge in [0.05, 0.1) is 19.3 Å². The zero-order chi connectivity index (χ0) is 16.4. The molecule has 0 atom stereocenters. The lowest BCUT2D eigenvalue weighted by Gasteiger charge is -2.11. The minimum Gasteiger partial charge on any atom is -0.492 e. The van der Waals surface area contributed by atoms with Gasteiger partial charge in [0.1, 0.15) is 0 Å². The molecule has 0 radical (unpaired) electrons. The smallest absolute Gasteiger partial charge is 0.197 e. The van der Waals surface area contributed by atoms with Crippen molar-refractivity contribution in [3.8, 4) is 11.5 Å². The fraction of sp³-hybridized carbons (Fsp3) is 0.158. The van der Waals surface area contributed by atoms with E-state index >= 15 is 0 Å². The van der Waals surface area contributed by atoms with Crippen molar-refractivity contribution < 1.29 is 19.1 Å². The number of hydrogen-bond donors (Lipinski definition) is 0. The third-order valence-electron chi connectivity index (χ3n) is 3.72. The van der Waals surface area contributed by atoms with E-state index in [4.69, 9.17) is 9.47 Å². The zero-order valence-electron chi connectivity index (χ0n) is 13.0. The Morgan fingerprint density at radius 3 is 2.17 bits per heavy atom. The number of methoxy groups -OCH3 is 1. The maximum Gasteiger partial charge on any atom is 0.197 e. The van der Waals surface area contributed by atoms with Crippen molar-refractivity contribution >= 4 is 17.6 Å². The summed E-state index contributed by atoms with van der Waals surface area (Å²) >= 11 is 0. The van der Waals surface area contributed by atoms with Crippen molar-refractivity contribution in [1.82, 2.24) is 0 Å². The van der Waals surface area contributed by atoms with Gasteiger partial charge in [-0.15, -0.1) is 0 Å². The Kier molecular flexibility index (Phi) is 3.98. The standard InChI is InChI=1S/C19H16O4/c1-3-23-16-10-6-7-12(19(16)22-2)11-15-17(20)13-8-4-5-9-14(13)18(15)21/h4-11H,3H2,1-2H3. The molecular formula is C19H16O4. The van der Waals surface area contributed by atoms with Crippen LogP contribution >= 0.6 is 0 Å². The summed E-state index contributed by atoms with van der Waals surface area (Å²) in [6, 6.07) is 12.2. The molecule has 0 aromatic heterocycles. The van der Waals surface area contributed by atoms with Gasteiger partial charge in [-0.25, -0.2) is 0 Å². The summed E-state index contributed by atoms with van der Waals surface area (Å²) in [6.45, 7) is 2.38. The van der Waals surface area contributed by atoms with Gasteiger partial charge in [0, 0.05) is 16.7 Å². The second kappa shape index (κ2) is 6.08. The Hall–Kier alpha value is -2.88. The summed E-state index contributed by atoms with van der Waals surface area (Å²) in [6.07, 6.45) is 1.58. The molecule has 0 aliphatic heterocycles. The van der Waals surface area contributed by atoms with E-state index < -0.39 is 0 Å². The number of para-hydroxylation sites is 1. The van der Waals surface area contributed by atoms with Gasteiger partial charge in [-0.2, -0.15) is 0 Å². The molecule has 4 heteroatoms. The number of rotatable bonds is 4. The van der Waals surface area contributed by atoms with E-state index in [1.165, 1.54) is 7.11 Å². The van der Waals surface area contributed by atoms with Crippen LogP contribution in [0.25, 0.3) is 6.08 Å². The van der Waals surface area contributed by atoms with Gasteiger partial charge in [-0.1, -0.05) is 36.4 Å². The second-order valence-electron chi connectivity index (χ2n) is 5.07. The third-order valence-corrected chi connectivity index (χ3v) is 3.72. The quantitative estimate of drug-likeness (QED) is 0.640. The molecule has 4 nitrogen and oxygen atoms in total. The number of Topliss-reactive ketones (excluding diaryl/α,β-unsaturated/α-hetero) is 2. The molecule has 3 rings (SSSR count). The zero-order valence-corrected chi connectivity index (χ0v) is 13.0. The van der Waals surface area contributed by atoms with Crippen LogP contribution in [0.5, 0.6) is 11.5 Å². The van der Waals surface area contributed by atoms with Crippen molar-refractivity contribution in [1.29, 1.82) is 0 Å². The van der Waals surface area contributed by atoms with Crippen molar-refractivity contribution in [2.75, 3.05) is 13.7 Å². The number of carbonyl (C=O) groups is 2. The average Bonchev–Trinajstić information content (AvgIpc) is 2.81. The molecule has 0 saturated carbocycles. The lowest BCUT2D eigenvalue weighted by atomic mass is 10.1. The van der Waals surface area contributed by atoms with Crippen molar-refractivity contribution in [2.45, 2.75) is 6.92 Å². The minimum absolute atomic E-state index is 0.151. The summed E-state index contributed by atoms with van der Waals surface area (Å²) < 4.78 is 10.9. The summed E-state index contributed by atoms with van der Waals surface area (Å²) in [5.41, 5.74) is 1.69. The minimum atomic E-state index is -0.255. The Morgan fingerprint density at radius 2 is 1.61 bits per heavy atom. The van der Waals surface area contributed by atoms with E-state index in [2.05, 4.69) is 0 Å². The largest absolute Gasteiger partial charge is 0.492 e. The highest BCUT2D eigenvalue weighted by Gasteiger charge is 2.32. The van der Waals surface area contributed by atoms with Gasteiger partial charge < -0.3 is 9.47 Å². The van der Waals surface area contributed by atoms with Crippen LogP contribution in [0.2, 0.25) is 0 Å². The first-order valence-electron chi connectivity index (χ1n) is 7.37. The van der Waals surface area contributed by atoms with Gasteiger partial charge in [0.2, 0.25) is 0 Å². The Balaban J connectivity index is 2.09. The molecule has 0 fully saturated rings. The van der Waals surface area contributed by atoms with Crippen molar-refractivity contribution in [3.05, 3.63) is 64.7 Å². The molecule has 2 aromatic rings. The first-order chi connectivity index (χ1) is 11.2. The average molecular weight is 308 g/mol. The van der Waals surface area contributed by atoms with Crippen LogP contribution in [0, 0.1) is 0 Å². The lowest BCUT2D eigenvalue weighted by Crippen LogP contribution is -2.02. The number of ether oxygens (including phenoxy) is 2. The van der Waals surface area contributed by atoms with Gasteiger partial charge >= 0.3 is 0 Å². The molecule has 1 aliphatic carbocycles. The molecule has 0 spiro atoms. The molecule has 0 heterocycles. The first-order valence-corrected chi connectivity index (χ1v) is 7.37. The fourth-order valence-electron chi connectivity index (χ4n) is 2.69. The highest BCUT2D eigenvalue weighted by Crippen LogP contribution is 2.35. The van der Waals surface area contributed by atoms with Crippen LogP contribution in [0.3, 0.4) is 0 Å². The molecular weight excluding hydrogens is 292 g/mol. The first kappa shape index (κ1) is 15.0. The van der Waals surface area contributed by atoms with Crippen LogP contribution in [0.1, 0.15) is 33.2 Å². The predicted molar refractivity (Wildman–Crippen MR) is 87.2 cm³/mol. The lowest BCUT2D eigenvalue weighted by molar-refractivity contribution is 0.0990. The van der Waals surface area contributed by atoms with E-state index in [0.29, 0.717) is 34.8 Å². The van der Waals surface area contributed by atoms with E-state index in [1.807, 2.05) is 6.92 Å². The van der Waals surface area contributed by atoms with Crippen LogP contribution in [0.15, 0.2) is 48.0 Å². The van der Waals surface area contributed by atoms with Gasteiger partial charge in [-0.3, -0.25) is 9.59 Å². The monoisotopic (exact) mass is 308 g/mol. The summed E-state index contributed by atoms with van der Waals surface area (Å²) in [5.74, 6) is 0.585. The molecule has 2 aromatic carbocycles. The van der Waals surface area contributed by atoms with E-state index in [9.17, 15) is 9.59 Å². The summed E-state index contributed by atoms with van der Waals surface area (Å²) in [4.78, 5) is 24.9. The molecule has 116 valence electrons. The Morgan fingerprint density at radius 1 is 0.957 bits per heavy atom. The van der Waals surface area contributed by atoms with Crippen LogP contribution in [0.4, 0.5) is 0 Å². The normalized spacial score (nSPS) is 13.0. The second-order valence-corrected chi connectivity index (χ2v) is 5.07. The highest BCUT2D eigenvalue weighted by atomic mass is 16.5. The van der Waals surface area contributed by atoms with Crippen LogP contribution in [-0.4, -0.2) is 25.3 Å². The Bertz CT molecular complexity index is 781. The number of allylic oxidation sites excluding steroid dienone is 1. The highest BCUT2D eigenvalue weighted by molar-refractivity contribution is 6.41. The molecule has 23 heavy (non-hydrogen) atoms. The molecule has 0 bridgehead atoms. The molecule has 0 N–H and O–H groups in total. The maximum absolute atomic E-state index is 12.5. The Labute approximate surface area is 134 Å². The third kappa shape index (κ3) is 2.52. The molecule has 0 saturated heterocycles. The van der Waals surface area contributed by atoms with E-state index in [-0.39, 0.29) is 17.1 Å². The van der Waals surface area contributed by atoms with Crippen LogP contribution < -0.4 is 9.47 Å². The number of benzene rings is 2. The van der Waals surface area contributed by atoms with Crippen molar-refractivity contribution in [3.63, 3.8) is 0 Å². The summed E-state index contributed by atoms with van der Waals surface area (Å²) in [5, 5.41) is 0.